The molecule has 3 heteroatoms. The molecule has 0 aromatic rings. The van der Waals surface area contributed by atoms with Gasteiger partial charge in [-0.1, -0.05) is 0 Å². The van der Waals surface area contributed by atoms with Gasteiger partial charge in [-0.25, -0.2) is 0 Å². The molecule has 46 valence electrons. The van der Waals surface area contributed by atoms with E-state index < -0.39 is 6.10 Å². The van der Waals surface area contributed by atoms with E-state index in [2.05, 4.69) is 4.74 Å². The Morgan fingerprint density at radius 2 is 2.50 bits per heavy atom. The van der Waals surface area contributed by atoms with E-state index in [0.717, 1.165) is 0 Å². The third-order valence-corrected chi connectivity index (χ3v) is 1.23. The summed E-state index contributed by atoms with van der Waals surface area (Å²) in [5.41, 5.74) is 0. The molecular formula is C5H8O3. The van der Waals surface area contributed by atoms with Crippen molar-refractivity contribution in [1.29, 1.82) is 0 Å². The van der Waals surface area contributed by atoms with Crippen molar-refractivity contribution in [3.63, 3.8) is 0 Å². The van der Waals surface area contributed by atoms with Crippen molar-refractivity contribution >= 4 is 5.97 Å². The molecule has 1 fully saturated rings. The smallest absolute Gasteiger partial charge is 0.308 e. The van der Waals surface area contributed by atoms with Crippen LogP contribution in [0.4, 0.5) is 0 Å². The van der Waals surface area contributed by atoms with Gasteiger partial charge in [0, 0.05) is 0 Å². The summed E-state index contributed by atoms with van der Waals surface area (Å²) >= 11 is 0. The summed E-state index contributed by atoms with van der Waals surface area (Å²) < 4.78 is 4.58. The van der Waals surface area contributed by atoms with Crippen LogP contribution in [0.2, 0.25) is 0 Å². The molecule has 0 aromatic heterocycles. The lowest BCUT2D eigenvalue weighted by atomic mass is 10.2. The summed E-state index contributed by atoms with van der Waals surface area (Å²) in [5.74, 6) is -0.301. The Hall–Kier alpha value is -0.570. The molecule has 1 saturated heterocycles. The van der Waals surface area contributed by atoms with Crippen LogP contribution in [0.1, 0.15) is 13.3 Å². The van der Waals surface area contributed by atoms with Gasteiger partial charge in [0.05, 0.1) is 6.42 Å². The third kappa shape index (κ3) is 0.816. The summed E-state index contributed by atoms with van der Waals surface area (Å²) in [4.78, 5) is 10.3. The van der Waals surface area contributed by atoms with Crippen molar-refractivity contribution in [2.75, 3.05) is 0 Å². The van der Waals surface area contributed by atoms with E-state index in [-0.39, 0.29) is 18.5 Å². The first-order valence-corrected chi connectivity index (χ1v) is 2.57. The number of carbonyl (C=O) groups excluding carboxylic acids is 1. The first-order chi connectivity index (χ1) is 3.70. The summed E-state index contributed by atoms with van der Waals surface area (Å²) in [5, 5.41) is 8.82. The lowest BCUT2D eigenvalue weighted by Crippen LogP contribution is -2.15. The number of aliphatic hydroxyl groups excluding tert-OH is 1. The molecule has 0 bridgehead atoms. The van der Waals surface area contributed by atoms with Gasteiger partial charge in [0.1, 0.15) is 12.2 Å². The molecule has 1 aliphatic rings. The Labute approximate surface area is 47.3 Å². The van der Waals surface area contributed by atoms with Crippen molar-refractivity contribution in [3.05, 3.63) is 0 Å². The van der Waals surface area contributed by atoms with E-state index in [1.54, 1.807) is 6.92 Å². The molecule has 1 N–H and O–H groups in total. The minimum absolute atomic E-state index is 0.154. The number of aliphatic hydroxyl groups is 1. The minimum atomic E-state index is -0.581. The van der Waals surface area contributed by atoms with E-state index in [0.29, 0.717) is 0 Å². The standard InChI is InChI=1S/C5H8O3/c1-3-4(6)2-5(7)8-3/h3-4,6H,2H2,1H3/t3-,4?/m0/s1. The monoisotopic (exact) mass is 116 g/mol. The normalized spacial score (nSPS) is 37.5. The van der Waals surface area contributed by atoms with Gasteiger partial charge < -0.3 is 9.84 Å². The third-order valence-electron chi connectivity index (χ3n) is 1.23. The number of cyclic esters (lactones) is 1. The Bertz CT molecular complexity index is 98.2. The highest BCUT2D eigenvalue weighted by Crippen LogP contribution is 2.12. The lowest BCUT2D eigenvalue weighted by molar-refractivity contribution is -0.141. The quantitative estimate of drug-likeness (QED) is 0.441. The van der Waals surface area contributed by atoms with Gasteiger partial charge in [-0.15, -0.1) is 0 Å². The molecule has 3 nitrogen and oxygen atoms in total. The van der Waals surface area contributed by atoms with Crippen LogP contribution in [-0.2, 0) is 9.53 Å². The van der Waals surface area contributed by atoms with Gasteiger partial charge in [-0.05, 0) is 6.92 Å². The number of carbonyl (C=O) groups is 1. The summed E-state index contributed by atoms with van der Waals surface area (Å²) in [6.07, 6.45) is -0.730. The zero-order valence-corrected chi connectivity index (χ0v) is 4.63. The fourth-order valence-corrected chi connectivity index (χ4v) is 0.671. The first-order valence-electron chi connectivity index (χ1n) is 2.57. The van der Waals surface area contributed by atoms with Gasteiger partial charge >= 0.3 is 5.97 Å². The fraction of sp³-hybridized carbons (Fsp3) is 0.800. The summed E-state index contributed by atoms with van der Waals surface area (Å²) in [7, 11) is 0. The molecule has 1 aliphatic heterocycles. The van der Waals surface area contributed by atoms with Crippen molar-refractivity contribution in [2.24, 2.45) is 0 Å². The van der Waals surface area contributed by atoms with Gasteiger partial charge in [0.2, 0.25) is 0 Å². The van der Waals surface area contributed by atoms with E-state index in [1.807, 2.05) is 0 Å². The van der Waals surface area contributed by atoms with Crippen LogP contribution in [0.3, 0.4) is 0 Å². The molecule has 0 radical (unpaired) electrons. The number of ether oxygens (including phenoxy) is 1. The van der Waals surface area contributed by atoms with Gasteiger partial charge in [0.15, 0.2) is 0 Å². The van der Waals surface area contributed by atoms with Gasteiger partial charge in [-0.3, -0.25) is 4.79 Å². The number of hydrogen-bond donors (Lipinski definition) is 1. The highest BCUT2D eigenvalue weighted by molar-refractivity contribution is 5.72. The second kappa shape index (κ2) is 1.74. The zero-order valence-electron chi connectivity index (χ0n) is 4.63. The lowest BCUT2D eigenvalue weighted by Gasteiger charge is -2.02. The average Bonchev–Trinajstić information content (AvgIpc) is 1.85. The van der Waals surface area contributed by atoms with Crippen molar-refractivity contribution < 1.29 is 14.6 Å². The van der Waals surface area contributed by atoms with Gasteiger partial charge in [0.25, 0.3) is 0 Å². The number of rotatable bonds is 0. The van der Waals surface area contributed by atoms with Crippen LogP contribution in [0.5, 0.6) is 0 Å². The van der Waals surface area contributed by atoms with Crippen LogP contribution >= 0.6 is 0 Å². The minimum Gasteiger partial charge on any atom is -0.460 e. The maximum atomic E-state index is 10.3. The Morgan fingerprint density at radius 1 is 1.88 bits per heavy atom. The molecule has 0 aromatic carbocycles. The Morgan fingerprint density at radius 3 is 2.62 bits per heavy atom. The van der Waals surface area contributed by atoms with Crippen LogP contribution in [0.25, 0.3) is 0 Å². The number of hydrogen-bond acceptors (Lipinski definition) is 3. The predicted octanol–water partition coefficient (Wildman–Crippen LogP) is -0.317. The highest BCUT2D eigenvalue weighted by Gasteiger charge is 2.28. The molecule has 0 spiro atoms. The van der Waals surface area contributed by atoms with Crippen LogP contribution in [0, 0.1) is 0 Å². The van der Waals surface area contributed by atoms with Crippen molar-refractivity contribution in [3.8, 4) is 0 Å². The maximum absolute atomic E-state index is 10.3. The molecular weight excluding hydrogens is 108 g/mol. The largest absolute Gasteiger partial charge is 0.460 e. The summed E-state index contributed by atoms with van der Waals surface area (Å²) in [6.45, 7) is 1.68. The first kappa shape index (κ1) is 5.56. The van der Waals surface area contributed by atoms with Gasteiger partial charge in [-0.2, -0.15) is 0 Å². The SMILES string of the molecule is C[C@@H]1OC(=O)CC1O. The molecule has 0 aliphatic carbocycles. The highest BCUT2D eigenvalue weighted by atomic mass is 16.6. The molecule has 2 atom stereocenters. The second-order valence-corrected chi connectivity index (χ2v) is 1.97. The van der Waals surface area contributed by atoms with E-state index in [1.165, 1.54) is 0 Å². The van der Waals surface area contributed by atoms with Crippen LogP contribution in [-0.4, -0.2) is 23.3 Å². The van der Waals surface area contributed by atoms with E-state index in [4.69, 9.17) is 5.11 Å². The Balaban J connectivity index is 2.51. The van der Waals surface area contributed by atoms with Crippen molar-refractivity contribution in [2.45, 2.75) is 25.6 Å². The zero-order chi connectivity index (χ0) is 6.15. The molecule has 1 heterocycles. The molecule has 1 unspecified atom stereocenters. The van der Waals surface area contributed by atoms with Crippen LogP contribution < -0.4 is 0 Å². The molecule has 0 saturated carbocycles. The Kier molecular flexibility index (Phi) is 1.21. The molecule has 1 rings (SSSR count). The average molecular weight is 116 g/mol. The molecule has 8 heavy (non-hydrogen) atoms. The predicted molar refractivity (Wildman–Crippen MR) is 26.2 cm³/mol. The van der Waals surface area contributed by atoms with E-state index >= 15 is 0 Å². The maximum Gasteiger partial charge on any atom is 0.308 e. The summed E-state index contributed by atoms with van der Waals surface area (Å²) in [6, 6.07) is 0. The fourth-order valence-electron chi connectivity index (χ4n) is 0.671. The second-order valence-electron chi connectivity index (χ2n) is 1.97. The van der Waals surface area contributed by atoms with E-state index in [9.17, 15) is 4.79 Å². The van der Waals surface area contributed by atoms with Crippen LogP contribution in [0.15, 0.2) is 0 Å². The topological polar surface area (TPSA) is 46.5 Å². The van der Waals surface area contributed by atoms with Crippen molar-refractivity contribution in [1.82, 2.24) is 0 Å². The number of esters is 1. The molecule has 0 amide bonds.